The Bertz CT molecular complexity index is 310. The molecule has 76 valence electrons. The molecule has 0 aromatic carbocycles. The highest BCUT2D eigenvalue weighted by Crippen LogP contribution is 2.21. The fourth-order valence-electron chi connectivity index (χ4n) is 1.68. The van der Waals surface area contributed by atoms with Gasteiger partial charge in [-0.05, 0) is 13.8 Å². The minimum Gasteiger partial charge on any atom is -0.336 e. The molecule has 1 amide bonds. The molecule has 0 N–H and O–H groups in total. The summed E-state index contributed by atoms with van der Waals surface area (Å²) in [5, 5.41) is 0. The molecule has 2 unspecified atom stereocenters. The Morgan fingerprint density at radius 2 is 2.07 bits per heavy atom. The van der Waals surface area contributed by atoms with Crippen molar-refractivity contribution in [2.24, 2.45) is 9.98 Å². The molecule has 0 aliphatic carbocycles. The lowest BCUT2D eigenvalue weighted by molar-refractivity contribution is -0.129. The first-order valence-electron chi connectivity index (χ1n) is 4.72. The minimum atomic E-state index is -0.340. The van der Waals surface area contributed by atoms with Crippen LogP contribution < -0.4 is 0 Å². The van der Waals surface area contributed by atoms with Gasteiger partial charge in [-0.3, -0.25) is 9.79 Å². The summed E-state index contributed by atoms with van der Waals surface area (Å²) in [6.07, 6.45) is 3.18. The van der Waals surface area contributed by atoms with Crippen LogP contribution in [0.4, 0.5) is 0 Å². The van der Waals surface area contributed by atoms with Crippen molar-refractivity contribution >= 4 is 18.6 Å². The van der Waals surface area contributed by atoms with E-state index in [1.165, 1.54) is 4.90 Å². The molecule has 5 heteroatoms. The minimum absolute atomic E-state index is 0.0180. The summed E-state index contributed by atoms with van der Waals surface area (Å²) in [6, 6.07) is -0.0190. The molecule has 2 aliphatic rings. The normalized spacial score (nSPS) is 30.4. The van der Waals surface area contributed by atoms with Gasteiger partial charge >= 0.3 is 0 Å². The van der Waals surface area contributed by atoms with E-state index in [1.54, 1.807) is 19.7 Å². The summed E-state index contributed by atoms with van der Waals surface area (Å²) in [6.45, 7) is 4.12. The molecule has 2 aliphatic heterocycles. The van der Waals surface area contributed by atoms with Crippen LogP contribution in [-0.2, 0) is 4.79 Å². The number of carbonyl (C=O) groups excluding carboxylic acids is 1. The van der Waals surface area contributed by atoms with Crippen molar-refractivity contribution in [1.82, 2.24) is 9.80 Å². The third-order valence-electron chi connectivity index (χ3n) is 2.54. The lowest BCUT2D eigenvalue weighted by atomic mass is 10.1. The Balaban J connectivity index is 2.25. The van der Waals surface area contributed by atoms with Crippen LogP contribution >= 0.6 is 0 Å². The Hall–Kier alpha value is -1.39. The predicted octanol–water partition coefficient (Wildman–Crippen LogP) is -0.0663. The van der Waals surface area contributed by atoms with Gasteiger partial charge in [0.25, 0.3) is 5.91 Å². The highest BCUT2D eigenvalue weighted by Gasteiger charge is 2.40. The molecule has 0 saturated heterocycles. The van der Waals surface area contributed by atoms with E-state index in [9.17, 15) is 4.79 Å². The van der Waals surface area contributed by atoms with Crippen LogP contribution in [0.3, 0.4) is 0 Å². The second-order valence-corrected chi connectivity index (χ2v) is 3.88. The quantitative estimate of drug-likeness (QED) is 0.587. The molecule has 0 spiro atoms. The summed E-state index contributed by atoms with van der Waals surface area (Å²) < 4.78 is 0. The van der Waals surface area contributed by atoms with Crippen molar-refractivity contribution in [3.8, 4) is 0 Å². The monoisotopic (exact) mass is 194 g/mol. The number of amides is 1. The maximum Gasteiger partial charge on any atom is 0.256 e. The Labute approximate surface area is 83.1 Å². The molecule has 14 heavy (non-hydrogen) atoms. The molecule has 0 bridgehead atoms. The van der Waals surface area contributed by atoms with Gasteiger partial charge in [0.1, 0.15) is 0 Å². The first kappa shape index (κ1) is 9.18. The SMILES string of the molecule is CC(C)N1C=NC2C(=O)N(C)C=NC21. The van der Waals surface area contributed by atoms with Gasteiger partial charge in [-0.2, -0.15) is 0 Å². The van der Waals surface area contributed by atoms with E-state index in [0.29, 0.717) is 6.04 Å². The highest BCUT2D eigenvalue weighted by molar-refractivity contribution is 5.95. The molecular formula is C9H14N4O. The lowest BCUT2D eigenvalue weighted by Gasteiger charge is -2.31. The molecule has 0 aromatic heterocycles. The van der Waals surface area contributed by atoms with E-state index in [0.717, 1.165) is 0 Å². The van der Waals surface area contributed by atoms with Crippen LogP contribution in [0.15, 0.2) is 9.98 Å². The van der Waals surface area contributed by atoms with Crippen LogP contribution in [0.5, 0.6) is 0 Å². The lowest BCUT2D eigenvalue weighted by Crippen LogP contribution is -2.49. The first-order chi connectivity index (χ1) is 6.61. The zero-order chi connectivity index (χ0) is 10.3. The standard InChI is InChI=1S/C9H14N4O/c1-6(2)13-5-10-7-8(13)11-4-12(3)9(7)14/h4-8H,1-3H3. The number of likely N-dealkylation sites (N-methyl/N-ethyl adjacent to an activating group) is 1. The van der Waals surface area contributed by atoms with Gasteiger partial charge in [-0.15, -0.1) is 0 Å². The Morgan fingerprint density at radius 3 is 2.71 bits per heavy atom. The molecular weight excluding hydrogens is 180 g/mol. The number of aliphatic imine (C=N–C) groups is 2. The van der Waals surface area contributed by atoms with Gasteiger partial charge in [0, 0.05) is 13.1 Å². The first-order valence-corrected chi connectivity index (χ1v) is 4.72. The highest BCUT2D eigenvalue weighted by atomic mass is 16.2. The Kier molecular flexibility index (Phi) is 2.02. The maximum absolute atomic E-state index is 11.7. The summed E-state index contributed by atoms with van der Waals surface area (Å²) in [4.78, 5) is 23.7. The van der Waals surface area contributed by atoms with Crippen molar-refractivity contribution in [2.45, 2.75) is 32.1 Å². The van der Waals surface area contributed by atoms with Crippen molar-refractivity contribution in [3.05, 3.63) is 0 Å². The summed E-state index contributed by atoms with van der Waals surface area (Å²) in [5.74, 6) is 0.0180. The van der Waals surface area contributed by atoms with Crippen LogP contribution in [0.25, 0.3) is 0 Å². The number of carbonyl (C=O) groups is 1. The topological polar surface area (TPSA) is 48.3 Å². The van der Waals surface area contributed by atoms with Gasteiger partial charge in [0.15, 0.2) is 12.2 Å². The predicted molar refractivity (Wildman–Crippen MR) is 54.3 cm³/mol. The molecule has 2 rings (SSSR count). The van der Waals surface area contributed by atoms with Gasteiger partial charge in [0.2, 0.25) is 0 Å². The number of rotatable bonds is 1. The largest absolute Gasteiger partial charge is 0.336 e. The number of fused-ring (bicyclic) bond motifs is 1. The molecule has 0 fully saturated rings. The van der Waals surface area contributed by atoms with Crippen molar-refractivity contribution in [2.75, 3.05) is 7.05 Å². The smallest absolute Gasteiger partial charge is 0.256 e. The van der Waals surface area contributed by atoms with Crippen LogP contribution in [0, 0.1) is 0 Å². The number of hydrogen-bond donors (Lipinski definition) is 0. The van der Waals surface area contributed by atoms with E-state index in [4.69, 9.17) is 0 Å². The average Bonchev–Trinajstić information content (AvgIpc) is 2.55. The summed E-state index contributed by atoms with van der Waals surface area (Å²) in [7, 11) is 1.70. The summed E-state index contributed by atoms with van der Waals surface area (Å²) in [5.41, 5.74) is 0. The van der Waals surface area contributed by atoms with E-state index in [1.807, 2.05) is 4.90 Å². The number of hydrogen-bond acceptors (Lipinski definition) is 4. The fraction of sp³-hybridized carbons (Fsp3) is 0.667. The van der Waals surface area contributed by atoms with Gasteiger partial charge in [-0.25, -0.2) is 4.99 Å². The van der Waals surface area contributed by atoms with E-state index in [-0.39, 0.29) is 18.1 Å². The molecule has 5 nitrogen and oxygen atoms in total. The third-order valence-corrected chi connectivity index (χ3v) is 2.54. The fourth-order valence-corrected chi connectivity index (χ4v) is 1.68. The van der Waals surface area contributed by atoms with Crippen LogP contribution in [0.1, 0.15) is 13.8 Å². The van der Waals surface area contributed by atoms with E-state index in [2.05, 4.69) is 23.8 Å². The van der Waals surface area contributed by atoms with Crippen molar-refractivity contribution in [3.63, 3.8) is 0 Å². The molecule has 0 saturated carbocycles. The molecule has 0 aromatic rings. The zero-order valence-corrected chi connectivity index (χ0v) is 8.58. The van der Waals surface area contributed by atoms with Crippen molar-refractivity contribution in [1.29, 1.82) is 0 Å². The second kappa shape index (κ2) is 3.08. The van der Waals surface area contributed by atoms with Crippen molar-refractivity contribution < 1.29 is 4.79 Å². The number of nitrogens with zero attached hydrogens (tertiary/aromatic N) is 4. The van der Waals surface area contributed by atoms with E-state index < -0.39 is 0 Å². The third kappa shape index (κ3) is 1.20. The van der Waals surface area contributed by atoms with Crippen LogP contribution in [-0.4, -0.2) is 53.7 Å². The van der Waals surface area contributed by atoms with Gasteiger partial charge in [0.05, 0.1) is 12.7 Å². The maximum atomic E-state index is 11.7. The van der Waals surface area contributed by atoms with Gasteiger partial charge < -0.3 is 9.80 Å². The zero-order valence-electron chi connectivity index (χ0n) is 8.58. The second-order valence-electron chi connectivity index (χ2n) is 3.88. The van der Waals surface area contributed by atoms with E-state index >= 15 is 0 Å². The Morgan fingerprint density at radius 1 is 1.36 bits per heavy atom. The molecule has 2 heterocycles. The summed E-state index contributed by atoms with van der Waals surface area (Å²) >= 11 is 0. The average molecular weight is 194 g/mol. The van der Waals surface area contributed by atoms with Crippen LogP contribution in [0.2, 0.25) is 0 Å². The molecule has 2 atom stereocenters. The van der Waals surface area contributed by atoms with Gasteiger partial charge in [-0.1, -0.05) is 0 Å². The molecule has 0 radical (unpaired) electrons.